The van der Waals surface area contributed by atoms with Crippen LogP contribution in [0.25, 0.3) is 0 Å². The molecule has 5 N–H and O–H groups in total. The molecular formula is C17H26N4O3. The zero-order valence-electron chi connectivity index (χ0n) is 14.2. The van der Waals surface area contributed by atoms with E-state index < -0.39 is 5.54 Å². The normalized spacial score (nSPS) is 16.5. The number of ether oxygens (including phenoxy) is 1. The summed E-state index contributed by atoms with van der Waals surface area (Å²) in [6.07, 6.45) is 1.07. The van der Waals surface area contributed by atoms with E-state index in [9.17, 15) is 9.59 Å². The summed E-state index contributed by atoms with van der Waals surface area (Å²) in [6.45, 7) is 5.23. The van der Waals surface area contributed by atoms with E-state index >= 15 is 0 Å². The Morgan fingerprint density at radius 2 is 1.83 bits per heavy atom. The van der Waals surface area contributed by atoms with E-state index in [0.29, 0.717) is 38.3 Å². The summed E-state index contributed by atoms with van der Waals surface area (Å²) in [7, 11) is 0. The minimum Gasteiger partial charge on any atom is -0.381 e. The molecule has 0 spiro atoms. The predicted molar refractivity (Wildman–Crippen MR) is 92.6 cm³/mol. The number of hydrogen-bond acceptors (Lipinski definition) is 4. The Hall–Kier alpha value is -2.12. The number of rotatable bonds is 5. The average Bonchev–Trinajstić information content (AvgIpc) is 2.53. The number of carbonyl (C=O) groups excluding carboxylic acids is 2. The highest BCUT2D eigenvalue weighted by atomic mass is 16.5. The molecule has 1 aromatic rings. The van der Waals surface area contributed by atoms with Crippen molar-refractivity contribution in [2.24, 2.45) is 5.73 Å². The van der Waals surface area contributed by atoms with E-state index in [1.165, 1.54) is 0 Å². The van der Waals surface area contributed by atoms with Crippen LogP contribution in [0.5, 0.6) is 0 Å². The molecule has 7 nitrogen and oxygen atoms in total. The summed E-state index contributed by atoms with van der Waals surface area (Å²) in [4.78, 5) is 23.9. The second-order valence-electron chi connectivity index (χ2n) is 6.40. The molecule has 132 valence electrons. The molecule has 2 rings (SSSR count). The molecule has 1 aliphatic rings. The number of urea groups is 1. The van der Waals surface area contributed by atoms with Crippen LogP contribution in [0, 0.1) is 0 Å². The van der Waals surface area contributed by atoms with Crippen molar-refractivity contribution in [3.63, 3.8) is 0 Å². The summed E-state index contributed by atoms with van der Waals surface area (Å²) in [5.41, 5.74) is 6.94. The Kier molecular flexibility index (Phi) is 6.16. The van der Waals surface area contributed by atoms with Crippen LogP contribution in [0.1, 0.15) is 32.3 Å². The van der Waals surface area contributed by atoms with Crippen LogP contribution in [0.4, 0.5) is 10.5 Å². The maximum atomic E-state index is 12.3. The van der Waals surface area contributed by atoms with Gasteiger partial charge in [0.1, 0.15) is 0 Å². The molecule has 1 fully saturated rings. The fourth-order valence-corrected chi connectivity index (χ4v) is 2.46. The van der Waals surface area contributed by atoms with E-state index in [1.54, 1.807) is 12.1 Å². The Balaban J connectivity index is 1.83. The maximum absolute atomic E-state index is 12.3. The van der Waals surface area contributed by atoms with Gasteiger partial charge >= 0.3 is 6.03 Å². The summed E-state index contributed by atoms with van der Waals surface area (Å²) in [5, 5.41) is 8.38. The lowest BCUT2D eigenvalue weighted by Crippen LogP contribution is -2.56. The van der Waals surface area contributed by atoms with Crippen molar-refractivity contribution in [2.75, 3.05) is 18.5 Å². The van der Waals surface area contributed by atoms with Gasteiger partial charge in [-0.2, -0.15) is 0 Å². The summed E-state index contributed by atoms with van der Waals surface area (Å²) >= 11 is 0. The zero-order valence-corrected chi connectivity index (χ0v) is 14.2. The highest BCUT2D eigenvalue weighted by Crippen LogP contribution is 2.18. The molecule has 0 radical (unpaired) electrons. The molecule has 1 heterocycles. The van der Waals surface area contributed by atoms with Gasteiger partial charge in [0.15, 0.2) is 0 Å². The molecule has 3 amide bonds. The lowest BCUT2D eigenvalue weighted by molar-refractivity contribution is -0.129. The van der Waals surface area contributed by atoms with Crippen molar-refractivity contribution >= 4 is 17.6 Å². The van der Waals surface area contributed by atoms with Crippen molar-refractivity contribution in [3.8, 4) is 0 Å². The molecule has 0 unspecified atom stereocenters. The van der Waals surface area contributed by atoms with Crippen molar-refractivity contribution in [2.45, 2.75) is 44.8 Å². The third kappa shape index (κ3) is 5.21. The van der Waals surface area contributed by atoms with Crippen LogP contribution in [-0.2, 0) is 16.1 Å². The highest BCUT2D eigenvalue weighted by Gasteiger charge is 2.35. The smallest absolute Gasteiger partial charge is 0.319 e. The summed E-state index contributed by atoms with van der Waals surface area (Å²) in [5.74, 6) is -0.149. The number of hydrogen-bond donors (Lipinski definition) is 4. The largest absolute Gasteiger partial charge is 0.381 e. The zero-order chi connectivity index (χ0) is 17.6. The van der Waals surface area contributed by atoms with Gasteiger partial charge in [-0.25, -0.2) is 4.79 Å². The van der Waals surface area contributed by atoms with Crippen LogP contribution in [0.2, 0.25) is 0 Å². The predicted octanol–water partition coefficient (Wildman–Crippen LogP) is 1.34. The Labute approximate surface area is 142 Å². The minimum atomic E-state index is -0.839. The van der Waals surface area contributed by atoms with Crippen LogP contribution in [0.3, 0.4) is 0 Å². The summed E-state index contributed by atoms with van der Waals surface area (Å²) < 4.78 is 5.25. The van der Waals surface area contributed by atoms with Crippen LogP contribution >= 0.6 is 0 Å². The van der Waals surface area contributed by atoms with Gasteiger partial charge in [-0.1, -0.05) is 12.1 Å². The number of benzene rings is 1. The number of anilines is 1. The number of carbonyl (C=O) groups is 2. The maximum Gasteiger partial charge on any atom is 0.319 e. The van der Waals surface area contributed by atoms with E-state index in [4.69, 9.17) is 10.5 Å². The molecule has 1 saturated heterocycles. The van der Waals surface area contributed by atoms with Gasteiger partial charge in [-0.05, 0) is 44.4 Å². The van der Waals surface area contributed by atoms with Crippen molar-refractivity contribution in [1.29, 1.82) is 0 Å². The average molecular weight is 334 g/mol. The SMILES string of the molecule is CC(C)NC(=O)Nc1ccc(CNC(=O)C2(N)CCOCC2)cc1. The van der Waals surface area contributed by atoms with Crippen molar-refractivity contribution in [3.05, 3.63) is 29.8 Å². The standard InChI is InChI=1S/C17H26N4O3/c1-12(2)20-16(23)21-14-5-3-13(4-6-14)11-19-15(22)17(18)7-9-24-10-8-17/h3-6,12H,7-11,18H2,1-2H3,(H,19,22)(H2,20,21,23). The van der Waals surface area contributed by atoms with Crippen LogP contribution < -0.4 is 21.7 Å². The van der Waals surface area contributed by atoms with Gasteiger partial charge in [0.25, 0.3) is 0 Å². The topological polar surface area (TPSA) is 105 Å². The first-order valence-corrected chi connectivity index (χ1v) is 8.20. The second kappa shape index (κ2) is 8.12. The molecule has 0 bridgehead atoms. The first-order chi connectivity index (χ1) is 11.4. The lowest BCUT2D eigenvalue weighted by Gasteiger charge is -2.31. The van der Waals surface area contributed by atoms with Crippen LogP contribution in [0.15, 0.2) is 24.3 Å². The van der Waals surface area contributed by atoms with E-state index in [-0.39, 0.29) is 18.0 Å². The number of nitrogens with one attached hydrogen (secondary N) is 3. The third-order valence-electron chi connectivity index (χ3n) is 3.92. The third-order valence-corrected chi connectivity index (χ3v) is 3.92. The quantitative estimate of drug-likeness (QED) is 0.652. The minimum absolute atomic E-state index is 0.0771. The summed E-state index contributed by atoms with van der Waals surface area (Å²) in [6, 6.07) is 7.16. The van der Waals surface area contributed by atoms with E-state index in [0.717, 1.165) is 5.56 Å². The van der Waals surface area contributed by atoms with Crippen LogP contribution in [-0.4, -0.2) is 36.7 Å². The van der Waals surface area contributed by atoms with Gasteiger partial charge in [0, 0.05) is 31.5 Å². The fraction of sp³-hybridized carbons (Fsp3) is 0.529. The van der Waals surface area contributed by atoms with E-state index in [1.807, 2.05) is 26.0 Å². The Bertz CT molecular complexity index is 566. The van der Waals surface area contributed by atoms with Crippen molar-refractivity contribution in [1.82, 2.24) is 10.6 Å². The first kappa shape index (κ1) is 18.2. The molecule has 7 heteroatoms. The van der Waals surface area contributed by atoms with E-state index in [2.05, 4.69) is 16.0 Å². The molecule has 0 saturated carbocycles. The molecule has 1 aliphatic heterocycles. The fourth-order valence-electron chi connectivity index (χ4n) is 2.46. The highest BCUT2D eigenvalue weighted by molar-refractivity contribution is 5.89. The van der Waals surface area contributed by atoms with Gasteiger partial charge in [-0.15, -0.1) is 0 Å². The molecule has 0 aromatic heterocycles. The van der Waals surface area contributed by atoms with Gasteiger partial charge in [-0.3, -0.25) is 4.79 Å². The molecule has 1 aromatic carbocycles. The molecule has 24 heavy (non-hydrogen) atoms. The molecule has 0 atom stereocenters. The van der Waals surface area contributed by atoms with Crippen molar-refractivity contribution < 1.29 is 14.3 Å². The monoisotopic (exact) mass is 334 g/mol. The molecular weight excluding hydrogens is 308 g/mol. The Morgan fingerprint density at radius 3 is 2.42 bits per heavy atom. The lowest BCUT2D eigenvalue weighted by atomic mass is 9.90. The number of amides is 3. The van der Waals surface area contributed by atoms with Gasteiger partial charge in [0.05, 0.1) is 5.54 Å². The molecule has 0 aliphatic carbocycles. The number of nitrogens with two attached hydrogens (primary N) is 1. The second-order valence-corrected chi connectivity index (χ2v) is 6.40. The Morgan fingerprint density at radius 1 is 1.21 bits per heavy atom. The first-order valence-electron chi connectivity index (χ1n) is 8.20. The van der Waals surface area contributed by atoms with Gasteiger partial charge in [0.2, 0.25) is 5.91 Å². The van der Waals surface area contributed by atoms with Gasteiger partial charge < -0.3 is 26.4 Å².